The van der Waals surface area contributed by atoms with Crippen molar-refractivity contribution in [2.75, 3.05) is 5.32 Å². The van der Waals surface area contributed by atoms with Crippen LogP contribution in [-0.4, -0.2) is 20.6 Å². The zero-order chi connectivity index (χ0) is 23.1. The van der Waals surface area contributed by atoms with Gasteiger partial charge in [0.2, 0.25) is 0 Å². The Morgan fingerprint density at radius 2 is 1.85 bits per heavy atom. The Bertz CT molecular complexity index is 1580. The van der Waals surface area contributed by atoms with Gasteiger partial charge in [-0.1, -0.05) is 53.2 Å². The number of para-hydroxylation sites is 1. The summed E-state index contributed by atoms with van der Waals surface area (Å²) in [5.74, 6) is -1.33. The fourth-order valence-electron chi connectivity index (χ4n) is 3.89. The van der Waals surface area contributed by atoms with E-state index in [1.54, 1.807) is 54.1 Å². The number of nitrogens with zero attached hydrogens (tertiary/aromatic N) is 2. The number of hydrogen-bond acceptors (Lipinski definition) is 4. The normalized spacial score (nSPS) is 11.1. The van der Waals surface area contributed by atoms with Crippen molar-refractivity contribution in [3.8, 4) is 22.5 Å². The molecule has 0 atom stereocenters. The van der Waals surface area contributed by atoms with Crippen LogP contribution < -0.4 is 11.1 Å². The molecule has 0 aliphatic carbocycles. The zero-order valence-corrected chi connectivity index (χ0v) is 18.0. The zero-order valence-electron chi connectivity index (χ0n) is 17.2. The van der Waals surface area contributed by atoms with E-state index in [-0.39, 0.29) is 11.6 Å². The minimum Gasteiger partial charge on any atom is -0.339 e. The molecule has 2 heterocycles. The molecule has 33 heavy (non-hydrogen) atoms. The van der Waals surface area contributed by atoms with Gasteiger partial charge >= 0.3 is 5.76 Å². The number of nitrogens with one attached hydrogen (secondary N) is 2. The summed E-state index contributed by atoms with van der Waals surface area (Å²) < 4.78 is 20.8. The molecule has 5 rings (SSSR count). The van der Waals surface area contributed by atoms with E-state index in [2.05, 4.69) is 20.0 Å². The Balaban J connectivity index is 1.57. The van der Waals surface area contributed by atoms with Crippen LogP contribution in [0.4, 0.5) is 10.1 Å². The van der Waals surface area contributed by atoms with Crippen molar-refractivity contribution in [2.45, 2.75) is 0 Å². The van der Waals surface area contributed by atoms with Crippen LogP contribution in [0.2, 0.25) is 5.02 Å². The van der Waals surface area contributed by atoms with Gasteiger partial charge < -0.3 is 9.88 Å². The lowest BCUT2D eigenvalue weighted by Gasteiger charge is -2.11. The Morgan fingerprint density at radius 3 is 2.61 bits per heavy atom. The molecular formula is C24H16ClFN4O3. The molecule has 0 saturated heterocycles. The predicted molar refractivity (Wildman–Crippen MR) is 124 cm³/mol. The van der Waals surface area contributed by atoms with E-state index in [9.17, 15) is 14.0 Å². The van der Waals surface area contributed by atoms with Crippen LogP contribution in [0.15, 0.2) is 76.0 Å². The summed E-state index contributed by atoms with van der Waals surface area (Å²) in [6, 6.07) is 18.5. The number of amides is 1. The first-order valence-electron chi connectivity index (χ1n) is 9.93. The molecule has 0 bridgehead atoms. The number of carbonyl (C=O) groups excluding carboxylic acids is 1. The minimum atomic E-state index is -0.725. The summed E-state index contributed by atoms with van der Waals surface area (Å²) in [7, 11) is 1.75. The third kappa shape index (κ3) is 3.70. The number of aryl methyl sites for hydroxylation is 1. The summed E-state index contributed by atoms with van der Waals surface area (Å²) in [6.45, 7) is 0. The lowest BCUT2D eigenvalue weighted by atomic mass is 10.0. The maximum absolute atomic E-state index is 14.5. The molecule has 0 spiro atoms. The molecule has 0 saturated carbocycles. The molecule has 2 N–H and O–H groups in total. The fraction of sp³-hybridized carbons (Fsp3) is 0.0417. The van der Waals surface area contributed by atoms with Gasteiger partial charge in [0, 0.05) is 34.1 Å². The SMILES string of the molecule is Cn1c(C(=O)Nc2ccc(Cl)cc2-c2noc(=O)[nH]2)cc2cccc(-c3ccccc3F)c21. The lowest BCUT2D eigenvalue weighted by molar-refractivity contribution is 0.102. The number of aromatic nitrogens is 3. The second-order valence-corrected chi connectivity index (χ2v) is 7.84. The van der Waals surface area contributed by atoms with Gasteiger partial charge in [-0.3, -0.25) is 14.3 Å². The molecule has 0 fully saturated rings. The fourth-order valence-corrected chi connectivity index (χ4v) is 4.06. The number of fused-ring (bicyclic) bond motifs is 1. The van der Waals surface area contributed by atoms with E-state index in [1.165, 1.54) is 6.07 Å². The second kappa shape index (κ2) is 8.07. The van der Waals surface area contributed by atoms with Crippen LogP contribution in [0.5, 0.6) is 0 Å². The number of H-pyrrole nitrogens is 1. The highest BCUT2D eigenvalue weighted by molar-refractivity contribution is 6.31. The van der Waals surface area contributed by atoms with Gasteiger partial charge in [-0.05, 0) is 30.3 Å². The van der Waals surface area contributed by atoms with Gasteiger partial charge in [-0.25, -0.2) is 9.18 Å². The van der Waals surface area contributed by atoms with E-state index in [0.29, 0.717) is 33.1 Å². The van der Waals surface area contributed by atoms with Gasteiger partial charge in [0.15, 0.2) is 5.82 Å². The quantitative estimate of drug-likeness (QED) is 0.382. The van der Waals surface area contributed by atoms with Gasteiger partial charge in [0.1, 0.15) is 11.5 Å². The molecule has 0 aliphatic heterocycles. The Morgan fingerprint density at radius 1 is 1.06 bits per heavy atom. The Labute approximate surface area is 191 Å². The first kappa shape index (κ1) is 20.7. The molecule has 2 aromatic heterocycles. The number of rotatable bonds is 4. The summed E-state index contributed by atoms with van der Waals surface area (Å²) in [5.41, 5.74) is 3.00. The van der Waals surface area contributed by atoms with Crippen LogP contribution in [0, 0.1) is 5.82 Å². The van der Waals surface area contributed by atoms with Crippen LogP contribution in [0.3, 0.4) is 0 Å². The van der Waals surface area contributed by atoms with Crippen LogP contribution in [0.1, 0.15) is 10.5 Å². The van der Waals surface area contributed by atoms with E-state index in [1.807, 2.05) is 18.2 Å². The predicted octanol–water partition coefficient (Wildman–Crippen LogP) is 5.23. The molecule has 1 amide bonds. The highest BCUT2D eigenvalue weighted by Crippen LogP contribution is 2.33. The summed E-state index contributed by atoms with van der Waals surface area (Å²) in [5, 5.41) is 7.70. The Hall–Kier alpha value is -4.17. The van der Waals surface area contributed by atoms with Crippen LogP contribution in [0.25, 0.3) is 33.4 Å². The van der Waals surface area contributed by atoms with E-state index in [4.69, 9.17) is 11.6 Å². The summed E-state index contributed by atoms with van der Waals surface area (Å²) >= 11 is 6.10. The number of anilines is 1. The number of hydrogen-bond donors (Lipinski definition) is 2. The van der Waals surface area contributed by atoms with Gasteiger partial charge in [-0.2, -0.15) is 0 Å². The number of benzene rings is 3. The van der Waals surface area contributed by atoms with Crippen molar-refractivity contribution in [2.24, 2.45) is 7.05 Å². The first-order valence-corrected chi connectivity index (χ1v) is 10.3. The highest BCUT2D eigenvalue weighted by atomic mass is 35.5. The number of halogens is 2. The molecule has 0 aliphatic rings. The monoisotopic (exact) mass is 462 g/mol. The minimum absolute atomic E-state index is 0.136. The van der Waals surface area contributed by atoms with Gasteiger partial charge in [0.25, 0.3) is 5.91 Å². The lowest BCUT2D eigenvalue weighted by Crippen LogP contribution is -2.16. The molecule has 164 valence electrons. The average molecular weight is 463 g/mol. The maximum Gasteiger partial charge on any atom is 0.439 e. The largest absolute Gasteiger partial charge is 0.439 e. The Kier molecular flexibility index (Phi) is 5.07. The molecule has 7 nitrogen and oxygen atoms in total. The molecular weight excluding hydrogens is 447 g/mol. The van der Waals surface area contributed by atoms with Crippen LogP contribution in [-0.2, 0) is 7.05 Å². The molecule has 5 aromatic rings. The second-order valence-electron chi connectivity index (χ2n) is 7.40. The van der Waals surface area contributed by atoms with E-state index >= 15 is 0 Å². The standard InChI is InChI=1S/C24H16ClFN4O3/c1-30-20(11-13-5-4-7-16(21(13)30)15-6-2-3-8-18(15)26)23(31)27-19-10-9-14(25)12-17(19)22-28-24(32)33-29-22/h2-12H,1H3,(H,27,31)(H,28,29,32). The third-order valence-electron chi connectivity index (χ3n) is 5.38. The highest BCUT2D eigenvalue weighted by Gasteiger charge is 2.20. The van der Waals surface area contributed by atoms with Crippen molar-refractivity contribution in [1.82, 2.24) is 14.7 Å². The van der Waals surface area contributed by atoms with Gasteiger partial charge in [-0.15, -0.1) is 0 Å². The van der Waals surface area contributed by atoms with Crippen molar-refractivity contribution in [3.05, 3.63) is 93.8 Å². The maximum atomic E-state index is 14.5. The van der Waals surface area contributed by atoms with Crippen molar-refractivity contribution >= 4 is 34.1 Å². The first-order chi connectivity index (χ1) is 15.9. The van der Waals surface area contributed by atoms with E-state index in [0.717, 1.165) is 10.9 Å². The number of carbonyl (C=O) groups is 1. The van der Waals surface area contributed by atoms with Crippen molar-refractivity contribution in [1.29, 1.82) is 0 Å². The summed E-state index contributed by atoms with van der Waals surface area (Å²) in [4.78, 5) is 27.1. The topological polar surface area (TPSA) is 92.9 Å². The molecule has 0 radical (unpaired) electrons. The van der Waals surface area contributed by atoms with Gasteiger partial charge in [0.05, 0.1) is 11.2 Å². The molecule has 3 aromatic carbocycles. The third-order valence-corrected chi connectivity index (χ3v) is 5.61. The molecule has 0 unspecified atom stereocenters. The summed E-state index contributed by atoms with van der Waals surface area (Å²) in [6.07, 6.45) is 0. The van der Waals surface area contributed by atoms with Crippen molar-refractivity contribution < 1.29 is 13.7 Å². The van der Waals surface area contributed by atoms with Crippen LogP contribution >= 0.6 is 11.6 Å². The average Bonchev–Trinajstić information content (AvgIpc) is 3.38. The molecule has 9 heteroatoms. The number of aromatic amines is 1. The van der Waals surface area contributed by atoms with E-state index < -0.39 is 11.7 Å². The van der Waals surface area contributed by atoms with Crippen molar-refractivity contribution in [3.63, 3.8) is 0 Å². The smallest absolute Gasteiger partial charge is 0.339 e.